The summed E-state index contributed by atoms with van der Waals surface area (Å²) in [6, 6.07) is 10.9. The molecule has 0 aliphatic carbocycles. The Labute approximate surface area is 424 Å². The van der Waals surface area contributed by atoms with Crippen LogP contribution in [0.5, 0.6) is 0 Å². The Morgan fingerprint density at radius 2 is 1.70 bits per heavy atom. The molecule has 4 amide bonds. The standard InChI is InChI=1S/C52H58F3N13O6/c1-28(69)65-18-14-40-35(27-65)48(63-68(40)32-15-19-74-20-16-32)66-17-6-7-38-41(66)23-34(46(54)55)43(58-38)31-12-13-37-39(21-31)59-47(62-61-37)50(72)60-45(52(2,3)4)51(73)67-26-33(70)22-42(67)49(71)56-24-29-8-10-30(11-9-29)44-36(53)25-57-64(44)5/h8-13,21,23,25,32-33,42,45-46,70H,6-7,14-20,22,24,26-27H2,1-5H3,(H,56,71)(H,60,72)/t33-,42+,45-/m1/s1. The van der Waals surface area contributed by atoms with Crippen molar-refractivity contribution in [3.63, 3.8) is 0 Å². The van der Waals surface area contributed by atoms with E-state index >= 15 is 8.78 Å². The summed E-state index contributed by atoms with van der Waals surface area (Å²) in [4.78, 5) is 69.1. The van der Waals surface area contributed by atoms with Gasteiger partial charge in [-0.3, -0.25) is 33.5 Å². The van der Waals surface area contributed by atoms with Crippen LogP contribution in [0, 0.1) is 11.2 Å². The monoisotopic (exact) mass is 1020 g/mol. The molecule has 8 heterocycles. The van der Waals surface area contributed by atoms with Gasteiger partial charge in [0.2, 0.25) is 23.5 Å². The van der Waals surface area contributed by atoms with Crippen LogP contribution < -0.4 is 15.5 Å². The summed E-state index contributed by atoms with van der Waals surface area (Å²) in [5, 5.41) is 33.7. The summed E-state index contributed by atoms with van der Waals surface area (Å²) in [6.07, 6.45) is 0.585. The van der Waals surface area contributed by atoms with Crippen molar-refractivity contribution in [3.8, 4) is 22.5 Å². The molecule has 3 N–H and O–H groups in total. The molecular formula is C52H58F3N13O6. The first-order chi connectivity index (χ1) is 35.4. The Balaban J connectivity index is 0.880. The number of aryl methyl sites for hydroxylation is 2. The fraction of sp³-hybridized carbons (Fsp3) is 0.462. The van der Waals surface area contributed by atoms with Gasteiger partial charge in [-0.2, -0.15) is 10.2 Å². The van der Waals surface area contributed by atoms with Gasteiger partial charge in [0.1, 0.15) is 23.3 Å². The summed E-state index contributed by atoms with van der Waals surface area (Å²) >= 11 is 0. The maximum atomic E-state index is 15.3. The smallest absolute Gasteiger partial charge is 0.291 e. The highest BCUT2D eigenvalue weighted by Crippen LogP contribution is 2.43. The van der Waals surface area contributed by atoms with E-state index in [2.05, 4.69) is 35.6 Å². The largest absolute Gasteiger partial charge is 0.391 e. The predicted molar refractivity (Wildman–Crippen MR) is 264 cm³/mol. The number of aromatic nitrogens is 8. The van der Waals surface area contributed by atoms with Gasteiger partial charge in [-0.25, -0.2) is 18.2 Å². The fourth-order valence-electron chi connectivity index (χ4n) is 10.6. The molecular weight excluding hydrogens is 960 g/mol. The van der Waals surface area contributed by atoms with Crippen LogP contribution in [-0.4, -0.2) is 129 Å². The number of ether oxygens (including phenoxy) is 1. The fourth-order valence-corrected chi connectivity index (χ4v) is 10.6. The zero-order chi connectivity index (χ0) is 52.2. The lowest BCUT2D eigenvalue weighted by atomic mass is 9.85. The third-order valence-electron chi connectivity index (χ3n) is 14.5. The second-order valence-electron chi connectivity index (χ2n) is 20.6. The first kappa shape index (κ1) is 50.2. The van der Waals surface area contributed by atoms with Crippen LogP contribution in [0.3, 0.4) is 0 Å². The highest BCUT2D eigenvalue weighted by Gasteiger charge is 2.45. The van der Waals surface area contributed by atoms with Gasteiger partial charge in [0.15, 0.2) is 11.6 Å². The maximum absolute atomic E-state index is 15.3. The van der Waals surface area contributed by atoms with Crippen LogP contribution >= 0.6 is 0 Å². The topological polar surface area (TPSA) is 219 Å². The van der Waals surface area contributed by atoms with Crippen molar-refractivity contribution in [1.29, 1.82) is 0 Å². The van der Waals surface area contributed by atoms with Crippen LogP contribution in [0.25, 0.3) is 33.5 Å². The van der Waals surface area contributed by atoms with E-state index in [9.17, 15) is 28.7 Å². The minimum absolute atomic E-state index is 0.0309. The van der Waals surface area contributed by atoms with Crippen molar-refractivity contribution in [2.75, 3.05) is 37.7 Å². The van der Waals surface area contributed by atoms with E-state index < -0.39 is 53.6 Å². The third kappa shape index (κ3) is 9.79. The van der Waals surface area contributed by atoms with Crippen molar-refractivity contribution in [1.82, 2.24) is 60.2 Å². The number of alkyl halides is 2. The number of likely N-dealkylation sites (tertiary alicyclic amines) is 1. The maximum Gasteiger partial charge on any atom is 0.291 e. The second-order valence-corrected chi connectivity index (χ2v) is 20.6. The van der Waals surface area contributed by atoms with Gasteiger partial charge in [0.25, 0.3) is 12.3 Å². The average Bonchev–Trinajstić information content (AvgIpc) is 4.09. The van der Waals surface area contributed by atoms with E-state index in [-0.39, 0.29) is 59.6 Å². The van der Waals surface area contributed by atoms with Gasteiger partial charge in [0.05, 0.1) is 47.5 Å². The quantitative estimate of drug-likeness (QED) is 0.146. The number of amides is 4. The molecule has 0 radical (unpaired) electrons. The van der Waals surface area contributed by atoms with Crippen LogP contribution in [0.1, 0.15) is 105 Å². The van der Waals surface area contributed by atoms with E-state index in [1.165, 1.54) is 21.7 Å². The number of pyridine rings is 1. The highest BCUT2D eigenvalue weighted by molar-refractivity contribution is 5.98. The van der Waals surface area contributed by atoms with Crippen molar-refractivity contribution in [3.05, 3.63) is 94.4 Å². The van der Waals surface area contributed by atoms with Crippen LogP contribution in [0.4, 0.5) is 24.7 Å². The summed E-state index contributed by atoms with van der Waals surface area (Å²) in [6.45, 7) is 9.39. The number of β-amino-alcohol motifs (C(OH)–C–C–N with tert-alkyl or cyclic N) is 1. The molecule has 4 aliphatic rings. The number of carbonyl (C=O) groups excluding carboxylic acids is 4. The summed E-state index contributed by atoms with van der Waals surface area (Å²) in [5.41, 5.74) is 4.32. The molecule has 74 heavy (non-hydrogen) atoms. The Morgan fingerprint density at radius 3 is 2.41 bits per heavy atom. The lowest BCUT2D eigenvalue weighted by Crippen LogP contribution is -2.57. The Bertz CT molecular complexity index is 3130. The molecule has 2 saturated heterocycles. The van der Waals surface area contributed by atoms with Crippen molar-refractivity contribution in [2.45, 2.75) is 110 Å². The molecule has 2 fully saturated rings. The van der Waals surface area contributed by atoms with Gasteiger partial charge in [0, 0.05) is 94.2 Å². The summed E-state index contributed by atoms with van der Waals surface area (Å²) in [7, 11) is 1.64. The van der Waals surface area contributed by atoms with Gasteiger partial charge in [-0.15, -0.1) is 10.2 Å². The number of halogens is 3. The molecule has 10 rings (SSSR count). The molecule has 0 spiro atoms. The SMILES string of the molecule is CC(=O)N1CCc2c(c(N3CCCc4nc(-c5ccc6nnc(C(=O)N[C@H](C(=O)N7C[C@H](O)C[C@H]7C(=O)NCc7ccc(-c8c(F)cnn8C)cc7)C(C)(C)C)nc6c5)c(C(F)F)cc43)nn2C2CCOCC2)C1. The number of hydrogen-bond acceptors (Lipinski definition) is 13. The molecule has 2 aromatic carbocycles. The summed E-state index contributed by atoms with van der Waals surface area (Å²) in [5.74, 6) is -2.22. The van der Waals surface area contributed by atoms with Crippen molar-refractivity contribution < 1.29 is 42.2 Å². The van der Waals surface area contributed by atoms with E-state index in [1.807, 2.05) is 4.90 Å². The van der Waals surface area contributed by atoms with Gasteiger partial charge >= 0.3 is 0 Å². The first-order valence-electron chi connectivity index (χ1n) is 24.9. The molecule has 0 unspecified atom stereocenters. The molecule has 4 aliphatic heterocycles. The van der Waals surface area contributed by atoms with Crippen molar-refractivity contribution in [2.24, 2.45) is 12.5 Å². The zero-order valence-electron chi connectivity index (χ0n) is 41.8. The predicted octanol–water partition coefficient (Wildman–Crippen LogP) is 5.52. The van der Waals surface area contributed by atoms with E-state index in [0.717, 1.165) is 30.3 Å². The molecule has 22 heteroatoms. The van der Waals surface area contributed by atoms with Crippen LogP contribution in [0.2, 0.25) is 0 Å². The number of aliphatic hydroxyl groups excluding tert-OH is 1. The minimum Gasteiger partial charge on any atom is -0.391 e. The number of rotatable bonds is 11. The van der Waals surface area contributed by atoms with Crippen LogP contribution in [-0.2, 0) is 52.1 Å². The van der Waals surface area contributed by atoms with Crippen molar-refractivity contribution >= 4 is 46.2 Å². The Kier molecular flexibility index (Phi) is 13.7. The zero-order valence-corrected chi connectivity index (χ0v) is 41.8. The number of fused-ring (bicyclic) bond motifs is 3. The third-order valence-corrected chi connectivity index (χ3v) is 14.5. The molecule has 19 nitrogen and oxygen atoms in total. The lowest BCUT2D eigenvalue weighted by molar-refractivity contribution is -0.142. The number of carbonyl (C=O) groups is 4. The molecule has 4 aromatic heterocycles. The molecule has 3 atom stereocenters. The Hall–Kier alpha value is -7.33. The first-order valence-corrected chi connectivity index (χ1v) is 24.9. The van der Waals surface area contributed by atoms with Gasteiger partial charge in [-0.05, 0) is 54.9 Å². The van der Waals surface area contributed by atoms with E-state index in [1.54, 1.807) is 76.0 Å². The average molecular weight is 1020 g/mol. The lowest BCUT2D eigenvalue weighted by Gasteiger charge is -2.35. The number of nitrogens with one attached hydrogen (secondary N) is 2. The molecule has 6 aromatic rings. The Morgan fingerprint density at radius 1 is 0.946 bits per heavy atom. The van der Waals surface area contributed by atoms with Gasteiger partial charge < -0.3 is 35.2 Å². The number of benzene rings is 2. The molecule has 388 valence electrons. The molecule has 0 saturated carbocycles. The van der Waals surface area contributed by atoms with E-state index in [4.69, 9.17) is 14.8 Å². The second kappa shape index (κ2) is 20.2. The molecule has 0 bridgehead atoms. The van der Waals surface area contributed by atoms with Gasteiger partial charge in [-0.1, -0.05) is 51.1 Å². The number of nitrogens with zero attached hydrogens (tertiary/aromatic N) is 11. The number of aliphatic hydroxyl groups is 1. The minimum atomic E-state index is -2.92. The van der Waals surface area contributed by atoms with E-state index in [0.29, 0.717) is 91.7 Å². The normalized spacial score (nSPS) is 18.6. The number of anilines is 2. The number of hydrogen-bond donors (Lipinski definition) is 3. The highest BCUT2D eigenvalue weighted by atomic mass is 19.3. The summed E-state index contributed by atoms with van der Waals surface area (Å²) < 4.78 is 54.1. The van der Waals surface area contributed by atoms with Crippen LogP contribution in [0.15, 0.2) is 54.7 Å².